The zero-order chi connectivity index (χ0) is 42.4. The van der Waals surface area contributed by atoms with Crippen LogP contribution in [0.15, 0.2) is 60.8 Å². The quantitative estimate of drug-likeness (QED) is 0.183. The van der Waals surface area contributed by atoms with Gasteiger partial charge in [-0.3, -0.25) is 24.6 Å². The van der Waals surface area contributed by atoms with Crippen molar-refractivity contribution in [2.75, 3.05) is 79.3 Å². The minimum atomic E-state index is -0.647. The third-order valence-corrected chi connectivity index (χ3v) is 12.2. The number of pyridine rings is 1. The molecule has 3 N–H and O–H groups in total. The van der Waals surface area contributed by atoms with Crippen LogP contribution in [-0.4, -0.2) is 131 Å². The van der Waals surface area contributed by atoms with Crippen molar-refractivity contribution in [3.63, 3.8) is 0 Å². The lowest BCUT2D eigenvalue weighted by Gasteiger charge is -2.44. The van der Waals surface area contributed by atoms with Crippen molar-refractivity contribution in [2.24, 2.45) is 5.92 Å². The largest absolute Gasteiger partial charge is 0.372 e. The van der Waals surface area contributed by atoms with E-state index in [1.807, 2.05) is 45.0 Å². The molecular weight excluding hydrogens is 782 g/mol. The number of fused-ring (bicyclic) bond motifs is 1. The minimum absolute atomic E-state index is 0.0102. The number of likely N-dealkylation sites (tertiary alicyclic amines) is 1. The molecule has 0 aliphatic carbocycles. The van der Waals surface area contributed by atoms with Crippen molar-refractivity contribution < 1.29 is 28.3 Å². The molecule has 16 nitrogen and oxygen atoms in total. The SMILES string of the molecule is Cc1c(NC(=O)N2CC(OC(C)C)C2)cc(F)cc1-c1ccnc(Nc2ccc(N3CCN(CC4CN(c5ccc6c(n5)CN(C5CCC(=O)NC5=O)C6=O)C4)CC3)cc2)n1. The number of nitrogens with zero attached hydrogens (tertiary/aromatic N) is 8. The van der Waals surface area contributed by atoms with E-state index >= 15 is 0 Å². The summed E-state index contributed by atoms with van der Waals surface area (Å²) < 4.78 is 20.6. The van der Waals surface area contributed by atoms with Gasteiger partial charge in [0.25, 0.3) is 5.91 Å². The summed E-state index contributed by atoms with van der Waals surface area (Å²) in [5.41, 5.74) is 5.35. The van der Waals surface area contributed by atoms with Crippen molar-refractivity contribution in [3.8, 4) is 11.3 Å². The van der Waals surface area contributed by atoms with E-state index in [0.29, 0.717) is 65.1 Å². The summed E-state index contributed by atoms with van der Waals surface area (Å²) in [6.45, 7) is 13.6. The molecule has 4 saturated heterocycles. The van der Waals surface area contributed by atoms with Crippen LogP contribution in [0.1, 0.15) is 48.3 Å². The summed E-state index contributed by atoms with van der Waals surface area (Å²) in [6.07, 6.45) is 2.29. The van der Waals surface area contributed by atoms with E-state index in [2.05, 4.69) is 47.8 Å². The molecule has 2 aromatic carbocycles. The van der Waals surface area contributed by atoms with Gasteiger partial charge in [-0.15, -0.1) is 0 Å². The Kier molecular flexibility index (Phi) is 11.0. The summed E-state index contributed by atoms with van der Waals surface area (Å²) >= 11 is 0. The predicted molar refractivity (Wildman–Crippen MR) is 227 cm³/mol. The molecule has 5 aliphatic rings. The highest BCUT2D eigenvalue weighted by atomic mass is 19.1. The number of piperazine rings is 1. The van der Waals surface area contributed by atoms with Crippen LogP contribution < -0.4 is 25.8 Å². The molecule has 9 rings (SSSR count). The summed E-state index contributed by atoms with van der Waals surface area (Å²) in [5, 5.41) is 8.49. The number of nitrogens with one attached hydrogen (secondary N) is 3. The number of rotatable bonds is 11. The minimum Gasteiger partial charge on any atom is -0.372 e. The highest BCUT2D eigenvalue weighted by Gasteiger charge is 2.41. The average Bonchev–Trinajstić information content (AvgIpc) is 3.53. The first-order valence-corrected chi connectivity index (χ1v) is 21.0. The van der Waals surface area contributed by atoms with E-state index < -0.39 is 17.8 Å². The second-order valence-corrected chi connectivity index (χ2v) is 16.8. The Morgan fingerprint density at radius 2 is 1.70 bits per heavy atom. The highest BCUT2D eigenvalue weighted by molar-refractivity contribution is 6.05. The molecule has 5 amide bonds. The highest BCUT2D eigenvalue weighted by Crippen LogP contribution is 2.33. The third kappa shape index (κ3) is 8.57. The number of anilines is 5. The summed E-state index contributed by atoms with van der Waals surface area (Å²) in [5.74, 6) is 0.340. The number of carbonyl (C=O) groups is 4. The van der Waals surface area contributed by atoms with Crippen LogP contribution in [0.25, 0.3) is 11.3 Å². The van der Waals surface area contributed by atoms with Crippen molar-refractivity contribution in [1.82, 2.24) is 35.0 Å². The number of imide groups is 1. The number of urea groups is 1. The van der Waals surface area contributed by atoms with E-state index in [0.717, 1.165) is 63.0 Å². The Bertz CT molecular complexity index is 2340. The standard InChI is InChI=1S/C44H50FN11O5/c1-26(2)61-32-23-55(24-32)44(60)50-36-19-29(45)18-34(27(36)3)35-12-13-46-43(49-35)47-30-4-6-31(7-5-30)53-16-14-52(15-17-53)20-28-21-54(22-28)39-10-8-33-37(48-39)25-56(42(33)59)38-9-11-40(57)51-41(38)58/h4-8,10,12-13,18-19,26,28,32,38H,9,11,14-17,20-25H2,1-3H3,(H,50,60)(H,46,47,49)(H,51,57,58). The molecule has 7 heterocycles. The number of halogens is 1. The number of benzene rings is 2. The summed E-state index contributed by atoms with van der Waals surface area (Å²) in [4.78, 5) is 74.2. The summed E-state index contributed by atoms with van der Waals surface area (Å²) in [7, 11) is 0. The molecule has 5 aliphatic heterocycles. The van der Waals surface area contributed by atoms with Crippen LogP contribution >= 0.6 is 0 Å². The lowest BCUT2D eigenvalue weighted by molar-refractivity contribution is -0.136. The number of aromatic nitrogens is 3. The molecule has 61 heavy (non-hydrogen) atoms. The fraction of sp³-hybridized carbons (Fsp3) is 0.432. The molecule has 0 saturated carbocycles. The molecule has 318 valence electrons. The molecule has 1 atom stereocenters. The van der Waals surface area contributed by atoms with Crippen molar-refractivity contribution in [3.05, 3.63) is 83.4 Å². The molecule has 0 spiro atoms. The van der Waals surface area contributed by atoms with Gasteiger partial charge in [-0.2, -0.15) is 0 Å². The van der Waals surface area contributed by atoms with E-state index in [1.54, 1.807) is 17.2 Å². The van der Waals surface area contributed by atoms with Gasteiger partial charge >= 0.3 is 6.03 Å². The Balaban J connectivity index is 0.737. The van der Waals surface area contributed by atoms with E-state index in [1.165, 1.54) is 17.0 Å². The predicted octanol–water partition coefficient (Wildman–Crippen LogP) is 4.39. The van der Waals surface area contributed by atoms with Crippen LogP contribution in [0, 0.1) is 18.7 Å². The fourth-order valence-electron chi connectivity index (χ4n) is 8.82. The van der Waals surface area contributed by atoms with Crippen LogP contribution in [0.2, 0.25) is 0 Å². The maximum atomic E-state index is 14.9. The van der Waals surface area contributed by atoms with E-state index in [4.69, 9.17) is 14.7 Å². The van der Waals surface area contributed by atoms with Gasteiger partial charge in [0.2, 0.25) is 17.8 Å². The molecule has 2 aromatic heterocycles. The van der Waals surface area contributed by atoms with Gasteiger partial charge in [0.05, 0.1) is 48.8 Å². The maximum Gasteiger partial charge on any atom is 0.322 e. The van der Waals surface area contributed by atoms with E-state index in [-0.39, 0.29) is 43.0 Å². The van der Waals surface area contributed by atoms with Gasteiger partial charge in [-0.1, -0.05) is 0 Å². The number of piperidine rings is 1. The lowest BCUT2D eigenvalue weighted by Crippen LogP contribution is -2.56. The monoisotopic (exact) mass is 831 g/mol. The van der Waals surface area contributed by atoms with Gasteiger partial charge in [-0.05, 0) is 87.4 Å². The maximum absolute atomic E-state index is 14.9. The lowest BCUT2D eigenvalue weighted by atomic mass is 9.99. The van der Waals surface area contributed by atoms with Crippen molar-refractivity contribution >= 4 is 52.6 Å². The normalized spacial score (nSPS) is 19.8. The third-order valence-electron chi connectivity index (χ3n) is 12.2. The second kappa shape index (κ2) is 16.7. The average molecular weight is 832 g/mol. The Labute approximate surface area is 353 Å². The van der Waals surface area contributed by atoms with E-state index in [9.17, 15) is 23.6 Å². The fourth-order valence-corrected chi connectivity index (χ4v) is 8.82. The van der Waals surface area contributed by atoms with Gasteiger partial charge in [0.15, 0.2) is 0 Å². The first-order chi connectivity index (χ1) is 29.4. The number of hydrogen-bond donors (Lipinski definition) is 3. The van der Waals surface area contributed by atoms with Gasteiger partial charge in [-0.25, -0.2) is 24.1 Å². The van der Waals surface area contributed by atoms with Crippen molar-refractivity contribution in [2.45, 2.75) is 58.4 Å². The second-order valence-electron chi connectivity index (χ2n) is 16.8. The molecule has 4 fully saturated rings. The smallest absolute Gasteiger partial charge is 0.322 e. The molecule has 1 unspecified atom stereocenters. The number of carbonyl (C=O) groups excluding carboxylic acids is 4. The Morgan fingerprint density at radius 1 is 0.934 bits per heavy atom. The molecule has 0 bridgehead atoms. The topological polar surface area (TPSA) is 168 Å². The first-order valence-electron chi connectivity index (χ1n) is 21.0. The number of hydrogen-bond acceptors (Lipinski definition) is 12. The molecule has 0 radical (unpaired) electrons. The Hall–Kier alpha value is -6.20. The van der Waals surface area contributed by atoms with Crippen LogP contribution in [0.3, 0.4) is 0 Å². The molecular formula is C44H50FN11O5. The summed E-state index contributed by atoms with van der Waals surface area (Å²) in [6, 6.07) is 15.4. The van der Waals surface area contributed by atoms with Crippen LogP contribution in [0.4, 0.5) is 38.0 Å². The van der Waals surface area contributed by atoms with Gasteiger partial charge in [0, 0.05) is 87.0 Å². The zero-order valence-electron chi connectivity index (χ0n) is 34.6. The number of amides is 5. The van der Waals surface area contributed by atoms with Crippen LogP contribution in [-0.2, 0) is 20.9 Å². The Morgan fingerprint density at radius 3 is 2.44 bits per heavy atom. The molecule has 4 aromatic rings. The molecule has 17 heteroatoms. The van der Waals surface area contributed by atoms with Crippen molar-refractivity contribution in [1.29, 1.82) is 0 Å². The zero-order valence-corrected chi connectivity index (χ0v) is 34.6. The van der Waals surface area contributed by atoms with Gasteiger partial charge in [0.1, 0.15) is 17.7 Å². The van der Waals surface area contributed by atoms with Crippen LogP contribution in [0.5, 0.6) is 0 Å². The van der Waals surface area contributed by atoms with Gasteiger partial charge < -0.3 is 35.0 Å². The number of ether oxygens (including phenoxy) is 1. The first kappa shape index (κ1) is 40.2.